The molecule has 0 aliphatic carbocycles. The number of aromatic nitrogens is 1. The van der Waals surface area contributed by atoms with Gasteiger partial charge in [0.25, 0.3) is 6.43 Å². The summed E-state index contributed by atoms with van der Waals surface area (Å²) in [6.45, 7) is 0. The van der Waals surface area contributed by atoms with Crippen molar-refractivity contribution in [2.75, 3.05) is 7.11 Å². The van der Waals surface area contributed by atoms with Gasteiger partial charge in [0, 0.05) is 4.47 Å². The Bertz CT molecular complexity index is 398. The van der Waals surface area contributed by atoms with Gasteiger partial charge in [-0.15, -0.1) is 0 Å². The minimum Gasteiger partial charge on any atom is -0.464 e. The molecule has 82 valence electrons. The second-order valence-electron chi connectivity index (χ2n) is 2.48. The summed E-state index contributed by atoms with van der Waals surface area (Å²) in [6, 6.07) is 1.33. The van der Waals surface area contributed by atoms with Crippen LogP contribution in [0.4, 0.5) is 8.78 Å². The molecule has 0 saturated carbocycles. The van der Waals surface area contributed by atoms with Crippen molar-refractivity contribution in [3.05, 3.63) is 26.4 Å². The molecule has 7 heteroatoms. The molecule has 0 aliphatic heterocycles. The highest BCUT2D eigenvalue weighted by Crippen LogP contribution is 2.29. The molecule has 0 atom stereocenters. The highest BCUT2D eigenvalue weighted by Gasteiger charge is 2.20. The van der Waals surface area contributed by atoms with Gasteiger partial charge in [-0.2, -0.15) is 0 Å². The smallest absolute Gasteiger partial charge is 0.357 e. The highest BCUT2D eigenvalue weighted by atomic mass is 79.9. The maximum absolute atomic E-state index is 12.4. The van der Waals surface area contributed by atoms with E-state index in [0.29, 0.717) is 4.47 Å². The van der Waals surface area contributed by atoms with Crippen molar-refractivity contribution in [1.82, 2.24) is 4.98 Å². The molecule has 15 heavy (non-hydrogen) atoms. The third-order valence-corrected chi connectivity index (χ3v) is 2.78. The highest BCUT2D eigenvalue weighted by molar-refractivity contribution is 9.11. The number of rotatable bonds is 2. The Morgan fingerprint density at radius 3 is 2.53 bits per heavy atom. The maximum atomic E-state index is 12.4. The molecule has 0 fully saturated rings. The van der Waals surface area contributed by atoms with Gasteiger partial charge in [0.15, 0.2) is 5.69 Å². The summed E-state index contributed by atoms with van der Waals surface area (Å²) in [4.78, 5) is 14.7. The molecule has 1 aromatic heterocycles. The molecule has 0 N–H and O–H groups in total. The summed E-state index contributed by atoms with van der Waals surface area (Å²) in [5.41, 5.74) is -0.658. The predicted molar refractivity (Wildman–Crippen MR) is 55.9 cm³/mol. The van der Waals surface area contributed by atoms with E-state index in [1.807, 2.05) is 0 Å². The van der Waals surface area contributed by atoms with Gasteiger partial charge in [-0.1, -0.05) is 0 Å². The van der Waals surface area contributed by atoms with Crippen molar-refractivity contribution in [2.45, 2.75) is 6.43 Å². The second kappa shape index (κ2) is 4.98. The Labute approximate surface area is 101 Å². The van der Waals surface area contributed by atoms with Gasteiger partial charge in [-0.05, 0) is 37.9 Å². The van der Waals surface area contributed by atoms with Crippen molar-refractivity contribution in [3.8, 4) is 0 Å². The van der Waals surface area contributed by atoms with Crippen LogP contribution in [-0.2, 0) is 4.74 Å². The van der Waals surface area contributed by atoms with Gasteiger partial charge in [0.1, 0.15) is 5.69 Å². The zero-order valence-electron chi connectivity index (χ0n) is 7.43. The molecule has 0 amide bonds. The van der Waals surface area contributed by atoms with Crippen LogP contribution in [0, 0.1) is 0 Å². The van der Waals surface area contributed by atoms with Gasteiger partial charge < -0.3 is 4.74 Å². The first-order valence-corrected chi connectivity index (χ1v) is 5.28. The molecule has 0 aliphatic rings. The number of ether oxygens (including phenoxy) is 1. The number of methoxy groups -OCH3 is 1. The summed E-state index contributed by atoms with van der Waals surface area (Å²) in [5, 5.41) is 0. The number of esters is 1. The van der Waals surface area contributed by atoms with Gasteiger partial charge in [0.2, 0.25) is 0 Å². The Morgan fingerprint density at radius 2 is 2.07 bits per heavy atom. The Kier molecular flexibility index (Phi) is 4.15. The molecule has 0 spiro atoms. The first-order chi connectivity index (χ1) is 6.97. The summed E-state index contributed by atoms with van der Waals surface area (Å²) in [5.74, 6) is -0.767. The van der Waals surface area contributed by atoms with Gasteiger partial charge in [-0.3, -0.25) is 0 Å². The zero-order valence-corrected chi connectivity index (χ0v) is 10.6. The lowest BCUT2D eigenvalue weighted by Crippen LogP contribution is -2.08. The van der Waals surface area contributed by atoms with E-state index in [1.165, 1.54) is 6.07 Å². The van der Waals surface area contributed by atoms with Gasteiger partial charge >= 0.3 is 5.97 Å². The topological polar surface area (TPSA) is 39.2 Å². The molecule has 0 unspecified atom stereocenters. The van der Waals surface area contributed by atoms with E-state index < -0.39 is 18.1 Å². The lowest BCUT2D eigenvalue weighted by molar-refractivity contribution is 0.0591. The number of alkyl halides is 2. The fraction of sp³-hybridized carbons (Fsp3) is 0.250. The molecule has 3 nitrogen and oxygen atoms in total. The van der Waals surface area contributed by atoms with E-state index in [2.05, 4.69) is 41.6 Å². The van der Waals surface area contributed by atoms with Crippen molar-refractivity contribution >= 4 is 37.8 Å². The number of nitrogens with zero attached hydrogens (tertiary/aromatic N) is 1. The van der Waals surface area contributed by atoms with E-state index in [9.17, 15) is 13.6 Å². The van der Waals surface area contributed by atoms with Crippen LogP contribution in [0.15, 0.2) is 15.0 Å². The monoisotopic (exact) mass is 343 g/mol. The first-order valence-electron chi connectivity index (χ1n) is 3.69. The molecular formula is C8H5Br2F2NO2. The average Bonchev–Trinajstić information content (AvgIpc) is 2.16. The van der Waals surface area contributed by atoms with Crippen molar-refractivity contribution in [3.63, 3.8) is 0 Å². The zero-order chi connectivity index (χ0) is 11.6. The molecule has 0 bridgehead atoms. The van der Waals surface area contributed by atoms with Crippen LogP contribution in [-0.4, -0.2) is 18.1 Å². The minimum atomic E-state index is -2.75. The average molecular weight is 345 g/mol. The summed E-state index contributed by atoms with van der Waals surface area (Å²) in [6.07, 6.45) is -2.75. The van der Waals surface area contributed by atoms with Crippen LogP contribution < -0.4 is 0 Å². The SMILES string of the molecule is COC(=O)c1nc(C(F)F)c(Br)cc1Br. The summed E-state index contributed by atoms with van der Waals surface area (Å²) >= 11 is 5.96. The molecule has 0 aromatic carbocycles. The normalized spacial score (nSPS) is 10.5. The Morgan fingerprint density at radius 1 is 1.47 bits per heavy atom. The molecule has 1 rings (SSSR count). The minimum absolute atomic E-state index is 0.136. The number of carbonyl (C=O) groups is 1. The van der Waals surface area contributed by atoms with Gasteiger partial charge in [0.05, 0.1) is 11.6 Å². The summed E-state index contributed by atoms with van der Waals surface area (Å²) < 4.78 is 29.7. The molecule has 1 heterocycles. The largest absolute Gasteiger partial charge is 0.464 e. The number of hydrogen-bond acceptors (Lipinski definition) is 3. The number of pyridine rings is 1. The number of halogens is 4. The second-order valence-corrected chi connectivity index (χ2v) is 4.19. The molecular weight excluding hydrogens is 340 g/mol. The van der Waals surface area contributed by atoms with Gasteiger partial charge in [-0.25, -0.2) is 18.6 Å². The summed E-state index contributed by atoms with van der Waals surface area (Å²) in [7, 11) is 1.15. The standard InChI is InChI=1S/C8H5Br2F2NO2/c1-15-8(14)6-4(10)2-3(9)5(13-6)7(11)12/h2,7H,1H3. The fourth-order valence-electron chi connectivity index (χ4n) is 0.874. The number of carbonyl (C=O) groups excluding carboxylic acids is 1. The van der Waals surface area contributed by atoms with E-state index >= 15 is 0 Å². The van der Waals surface area contributed by atoms with Crippen molar-refractivity contribution < 1.29 is 18.3 Å². The van der Waals surface area contributed by atoms with Crippen LogP contribution in [0.5, 0.6) is 0 Å². The number of hydrogen-bond donors (Lipinski definition) is 0. The van der Waals surface area contributed by atoms with E-state index in [1.54, 1.807) is 0 Å². The lowest BCUT2D eigenvalue weighted by Gasteiger charge is -2.06. The maximum Gasteiger partial charge on any atom is 0.357 e. The predicted octanol–water partition coefficient (Wildman–Crippen LogP) is 3.33. The first kappa shape index (κ1) is 12.5. The molecule has 1 aromatic rings. The lowest BCUT2D eigenvalue weighted by atomic mass is 10.3. The van der Waals surface area contributed by atoms with Crippen LogP contribution in [0.2, 0.25) is 0 Å². The van der Waals surface area contributed by atoms with E-state index in [0.717, 1.165) is 7.11 Å². The van der Waals surface area contributed by atoms with Crippen molar-refractivity contribution in [2.24, 2.45) is 0 Å². The van der Waals surface area contributed by atoms with Crippen molar-refractivity contribution in [1.29, 1.82) is 0 Å². The van der Waals surface area contributed by atoms with Crippen LogP contribution in [0.3, 0.4) is 0 Å². The van der Waals surface area contributed by atoms with E-state index in [4.69, 9.17) is 0 Å². The van der Waals surface area contributed by atoms with Crippen LogP contribution >= 0.6 is 31.9 Å². The quantitative estimate of drug-likeness (QED) is 0.772. The Hall–Kier alpha value is -0.560. The van der Waals surface area contributed by atoms with Crippen LogP contribution in [0.25, 0.3) is 0 Å². The molecule has 0 radical (unpaired) electrons. The van der Waals surface area contributed by atoms with Crippen LogP contribution in [0.1, 0.15) is 22.6 Å². The molecule has 0 saturated heterocycles. The third-order valence-electron chi connectivity index (χ3n) is 1.54. The third kappa shape index (κ3) is 2.72. The van der Waals surface area contributed by atoms with E-state index in [-0.39, 0.29) is 10.2 Å². The fourth-order valence-corrected chi connectivity index (χ4v) is 2.15. The Balaban J connectivity index is 3.29.